The van der Waals surface area contributed by atoms with Crippen molar-refractivity contribution in [3.63, 3.8) is 0 Å². The van der Waals surface area contributed by atoms with Crippen LogP contribution in [0.5, 0.6) is 0 Å². The summed E-state index contributed by atoms with van der Waals surface area (Å²) in [5.41, 5.74) is 8.17. The molecule has 0 saturated carbocycles. The van der Waals surface area contributed by atoms with Gasteiger partial charge in [-0.25, -0.2) is 0 Å². The van der Waals surface area contributed by atoms with Crippen LogP contribution in [0.3, 0.4) is 0 Å². The van der Waals surface area contributed by atoms with E-state index in [4.69, 9.17) is 22.1 Å². The molecular weight excluding hydrogens is 260 g/mol. The minimum Gasteiger partial charge on any atom is -0.371 e. The third-order valence-electron chi connectivity index (χ3n) is 3.95. The topological polar surface area (TPSA) is 38.5 Å². The lowest BCUT2D eigenvalue weighted by atomic mass is 10.1. The fourth-order valence-corrected chi connectivity index (χ4v) is 3.44. The molecule has 19 heavy (non-hydrogen) atoms. The van der Waals surface area contributed by atoms with Gasteiger partial charge >= 0.3 is 0 Å². The molecule has 1 aromatic carbocycles. The highest BCUT2D eigenvalue weighted by atomic mass is 35.5. The summed E-state index contributed by atoms with van der Waals surface area (Å²) >= 11 is 6.44. The van der Waals surface area contributed by atoms with Crippen molar-refractivity contribution in [2.75, 3.05) is 18.0 Å². The SMILES string of the molecule is CC(N)Cc1ccc(N2CC3CCC(C2)O3)c(Cl)c1. The second-order valence-electron chi connectivity index (χ2n) is 5.83. The summed E-state index contributed by atoms with van der Waals surface area (Å²) in [6.07, 6.45) is 4.01. The average molecular weight is 281 g/mol. The van der Waals surface area contributed by atoms with E-state index in [1.165, 1.54) is 18.4 Å². The summed E-state index contributed by atoms with van der Waals surface area (Å²) in [5.74, 6) is 0. The van der Waals surface area contributed by atoms with Crippen molar-refractivity contribution in [1.82, 2.24) is 0 Å². The van der Waals surface area contributed by atoms with Crippen molar-refractivity contribution in [2.45, 2.75) is 44.4 Å². The number of ether oxygens (including phenoxy) is 1. The first kappa shape index (κ1) is 13.2. The van der Waals surface area contributed by atoms with E-state index in [0.29, 0.717) is 12.2 Å². The monoisotopic (exact) mass is 280 g/mol. The van der Waals surface area contributed by atoms with Gasteiger partial charge in [0, 0.05) is 19.1 Å². The molecule has 2 heterocycles. The van der Waals surface area contributed by atoms with Crippen LogP contribution in [0.2, 0.25) is 5.02 Å². The van der Waals surface area contributed by atoms with Gasteiger partial charge in [0.2, 0.25) is 0 Å². The Morgan fingerprint density at radius 2 is 2.05 bits per heavy atom. The Balaban J connectivity index is 1.77. The molecule has 0 amide bonds. The maximum Gasteiger partial charge on any atom is 0.0755 e. The molecule has 2 N–H and O–H groups in total. The molecule has 104 valence electrons. The van der Waals surface area contributed by atoms with E-state index in [0.717, 1.165) is 30.2 Å². The van der Waals surface area contributed by atoms with Crippen LogP contribution in [0.15, 0.2) is 18.2 Å². The van der Waals surface area contributed by atoms with Crippen LogP contribution in [0.4, 0.5) is 5.69 Å². The lowest BCUT2D eigenvalue weighted by molar-refractivity contribution is 0.0305. The molecule has 3 rings (SSSR count). The third kappa shape index (κ3) is 2.88. The van der Waals surface area contributed by atoms with Crippen LogP contribution in [0.1, 0.15) is 25.3 Å². The summed E-state index contributed by atoms with van der Waals surface area (Å²) in [6.45, 7) is 3.94. The van der Waals surface area contributed by atoms with Gasteiger partial charge in [0.15, 0.2) is 0 Å². The van der Waals surface area contributed by atoms with Gasteiger partial charge in [0.05, 0.1) is 22.9 Å². The quantitative estimate of drug-likeness (QED) is 0.925. The van der Waals surface area contributed by atoms with E-state index in [1.54, 1.807) is 0 Å². The minimum absolute atomic E-state index is 0.168. The van der Waals surface area contributed by atoms with Gasteiger partial charge in [0.1, 0.15) is 0 Å². The molecule has 0 radical (unpaired) electrons. The number of hydrogen-bond donors (Lipinski definition) is 1. The van der Waals surface area contributed by atoms with Crippen molar-refractivity contribution >= 4 is 17.3 Å². The van der Waals surface area contributed by atoms with Crippen LogP contribution in [0.25, 0.3) is 0 Å². The number of fused-ring (bicyclic) bond motifs is 2. The van der Waals surface area contributed by atoms with Crippen LogP contribution < -0.4 is 10.6 Å². The first-order valence-corrected chi connectivity index (χ1v) is 7.44. The molecule has 0 aromatic heterocycles. The van der Waals surface area contributed by atoms with Crippen molar-refractivity contribution in [1.29, 1.82) is 0 Å². The maximum absolute atomic E-state index is 6.44. The van der Waals surface area contributed by atoms with Gasteiger partial charge in [-0.05, 0) is 43.9 Å². The van der Waals surface area contributed by atoms with Gasteiger partial charge < -0.3 is 15.4 Å². The third-order valence-corrected chi connectivity index (χ3v) is 4.26. The predicted octanol–water partition coefficient (Wildman–Crippen LogP) is 2.60. The van der Waals surface area contributed by atoms with Crippen LogP contribution in [-0.2, 0) is 11.2 Å². The summed E-state index contributed by atoms with van der Waals surface area (Å²) in [5, 5.41) is 0.833. The molecule has 4 heteroatoms. The minimum atomic E-state index is 0.168. The van der Waals surface area contributed by atoms with E-state index in [9.17, 15) is 0 Å². The molecule has 3 nitrogen and oxygen atoms in total. The number of hydrogen-bond acceptors (Lipinski definition) is 3. The predicted molar refractivity (Wildman–Crippen MR) is 78.9 cm³/mol. The van der Waals surface area contributed by atoms with Gasteiger partial charge in [-0.1, -0.05) is 17.7 Å². The summed E-state index contributed by atoms with van der Waals surface area (Å²) in [4.78, 5) is 2.36. The Kier molecular flexibility index (Phi) is 3.70. The summed E-state index contributed by atoms with van der Waals surface area (Å²) in [6, 6.07) is 6.49. The Hall–Kier alpha value is -0.770. The molecule has 2 aliphatic heterocycles. The Morgan fingerprint density at radius 1 is 1.37 bits per heavy atom. The van der Waals surface area contributed by atoms with Crippen LogP contribution in [0, 0.1) is 0 Å². The zero-order chi connectivity index (χ0) is 13.4. The zero-order valence-corrected chi connectivity index (χ0v) is 12.1. The highest BCUT2D eigenvalue weighted by molar-refractivity contribution is 6.33. The first-order chi connectivity index (χ1) is 9.11. The van der Waals surface area contributed by atoms with E-state index in [1.807, 2.05) is 6.92 Å². The Morgan fingerprint density at radius 3 is 2.63 bits per heavy atom. The maximum atomic E-state index is 6.44. The average Bonchev–Trinajstić information content (AvgIpc) is 2.67. The fraction of sp³-hybridized carbons (Fsp3) is 0.600. The molecule has 3 atom stereocenters. The number of nitrogens with two attached hydrogens (primary N) is 1. The standard InChI is InChI=1S/C15H21ClN2O/c1-10(17)6-11-2-5-15(14(16)7-11)18-8-12-3-4-13(9-18)19-12/h2,5,7,10,12-13H,3-4,6,8-9,17H2,1H3. The lowest BCUT2D eigenvalue weighted by Crippen LogP contribution is -2.42. The molecule has 2 aliphatic rings. The van der Waals surface area contributed by atoms with E-state index < -0.39 is 0 Å². The van der Waals surface area contributed by atoms with Crippen molar-refractivity contribution in [3.05, 3.63) is 28.8 Å². The lowest BCUT2D eigenvalue weighted by Gasteiger charge is -2.34. The van der Waals surface area contributed by atoms with E-state index in [-0.39, 0.29) is 6.04 Å². The van der Waals surface area contributed by atoms with Gasteiger partial charge in [-0.2, -0.15) is 0 Å². The highest BCUT2D eigenvalue weighted by Gasteiger charge is 2.34. The number of nitrogens with zero attached hydrogens (tertiary/aromatic N) is 1. The van der Waals surface area contributed by atoms with Crippen molar-refractivity contribution < 1.29 is 4.74 Å². The van der Waals surface area contributed by atoms with Crippen LogP contribution in [-0.4, -0.2) is 31.3 Å². The van der Waals surface area contributed by atoms with Gasteiger partial charge in [-0.15, -0.1) is 0 Å². The Labute approximate surface area is 119 Å². The van der Waals surface area contributed by atoms with Crippen molar-refractivity contribution in [3.8, 4) is 0 Å². The van der Waals surface area contributed by atoms with Gasteiger partial charge in [-0.3, -0.25) is 0 Å². The molecule has 0 aliphatic carbocycles. The van der Waals surface area contributed by atoms with Gasteiger partial charge in [0.25, 0.3) is 0 Å². The first-order valence-electron chi connectivity index (χ1n) is 7.06. The number of morpholine rings is 1. The largest absolute Gasteiger partial charge is 0.371 e. The van der Waals surface area contributed by atoms with E-state index in [2.05, 4.69) is 23.1 Å². The molecule has 3 unspecified atom stereocenters. The number of rotatable bonds is 3. The molecule has 2 fully saturated rings. The summed E-state index contributed by atoms with van der Waals surface area (Å²) < 4.78 is 5.86. The highest BCUT2D eigenvalue weighted by Crippen LogP contribution is 2.33. The van der Waals surface area contributed by atoms with Crippen LogP contribution >= 0.6 is 11.6 Å². The zero-order valence-electron chi connectivity index (χ0n) is 11.3. The summed E-state index contributed by atoms with van der Waals surface area (Å²) in [7, 11) is 0. The molecule has 1 aromatic rings. The van der Waals surface area contributed by atoms with Crippen molar-refractivity contribution in [2.24, 2.45) is 5.73 Å². The second-order valence-corrected chi connectivity index (χ2v) is 6.24. The second kappa shape index (κ2) is 5.31. The smallest absolute Gasteiger partial charge is 0.0755 e. The normalized spacial score (nSPS) is 27.6. The molecular formula is C15H21ClN2O. The number of benzene rings is 1. The molecule has 0 spiro atoms. The number of anilines is 1. The number of halogens is 1. The molecule has 2 bridgehead atoms. The fourth-order valence-electron chi connectivity index (χ4n) is 3.12. The molecule has 2 saturated heterocycles. The van der Waals surface area contributed by atoms with E-state index >= 15 is 0 Å². The Bertz CT molecular complexity index is 451.